The van der Waals surface area contributed by atoms with Crippen molar-refractivity contribution >= 4 is 18.5 Å². The van der Waals surface area contributed by atoms with Crippen molar-refractivity contribution < 1.29 is 27.1 Å². The Bertz CT molecular complexity index is 545. The number of alkyl halides is 3. The SMILES string of the molecule is CC1(C)COC(=O)N[C@@H]1c1c(F)cccc1C(F)(F)F.Cl. The maximum Gasteiger partial charge on any atom is 0.416 e. The van der Waals surface area contributed by atoms with Gasteiger partial charge in [-0.1, -0.05) is 19.9 Å². The molecule has 0 saturated carbocycles. The predicted molar refractivity (Wildman–Crippen MR) is 69.7 cm³/mol. The first kappa shape index (κ1) is 17.6. The number of ether oxygens (including phenoxy) is 1. The summed E-state index contributed by atoms with van der Waals surface area (Å²) < 4.78 is 57.8. The number of benzene rings is 1. The molecule has 1 aromatic rings. The van der Waals surface area contributed by atoms with E-state index in [1.54, 1.807) is 13.8 Å². The van der Waals surface area contributed by atoms with Crippen LogP contribution in [0, 0.1) is 11.2 Å². The molecule has 0 bridgehead atoms. The number of amides is 1. The third kappa shape index (κ3) is 3.40. The summed E-state index contributed by atoms with van der Waals surface area (Å²) in [5, 5.41) is 2.28. The molecule has 1 saturated heterocycles. The van der Waals surface area contributed by atoms with Gasteiger partial charge < -0.3 is 10.1 Å². The van der Waals surface area contributed by atoms with Crippen LogP contribution in [0.4, 0.5) is 22.4 Å². The second-order valence-electron chi connectivity index (χ2n) is 5.34. The van der Waals surface area contributed by atoms with E-state index in [-0.39, 0.29) is 19.0 Å². The Morgan fingerprint density at radius 3 is 2.52 bits per heavy atom. The number of carbonyl (C=O) groups is 1. The fourth-order valence-corrected chi connectivity index (χ4v) is 2.23. The van der Waals surface area contributed by atoms with E-state index < -0.39 is 40.7 Å². The Morgan fingerprint density at radius 1 is 1.33 bits per heavy atom. The second kappa shape index (κ2) is 5.71. The number of cyclic esters (lactones) is 1. The van der Waals surface area contributed by atoms with E-state index in [4.69, 9.17) is 4.74 Å². The number of carbonyl (C=O) groups excluding carboxylic acids is 1. The molecule has 0 aromatic heterocycles. The molecule has 1 atom stereocenters. The molecule has 8 heteroatoms. The van der Waals surface area contributed by atoms with Crippen molar-refractivity contribution in [3.63, 3.8) is 0 Å². The van der Waals surface area contributed by atoms with Crippen LogP contribution in [0.3, 0.4) is 0 Å². The van der Waals surface area contributed by atoms with Crippen LogP contribution in [0.2, 0.25) is 0 Å². The Hall–Kier alpha value is -1.50. The van der Waals surface area contributed by atoms with Gasteiger partial charge in [-0.2, -0.15) is 13.2 Å². The number of halogens is 5. The summed E-state index contributed by atoms with van der Waals surface area (Å²) in [5.41, 5.74) is -2.50. The molecule has 118 valence electrons. The Labute approximate surface area is 125 Å². The van der Waals surface area contributed by atoms with Crippen LogP contribution in [-0.4, -0.2) is 12.7 Å². The van der Waals surface area contributed by atoms with E-state index in [2.05, 4.69) is 5.32 Å². The van der Waals surface area contributed by atoms with Gasteiger partial charge in [0.05, 0.1) is 11.6 Å². The number of hydrogen-bond donors (Lipinski definition) is 1. The molecule has 1 aliphatic heterocycles. The van der Waals surface area contributed by atoms with Crippen molar-refractivity contribution in [1.82, 2.24) is 5.32 Å². The average molecular weight is 328 g/mol. The molecule has 1 heterocycles. The van der Waals surface area contributed by atoms with Crippen LogP contribution < -0.4 is 5.32 Å². The molecule has 21 heavy (non-hydrogen) atoms. The van der Waals surface area contributed by atoms with E-state index >= 15 is 0 Å². The van der Waals surface area contributed by atoms with Crippen LogP contribution in [0.25, 0.3) is 0 Å². The fraction of sp³-hybridized carbons (Fsp3) is 0.462. The van der Waals surface area contributed by atoms with Crippen molar-refractivity contribution in [2.75, 3.05) is 6.61 Å². The van der Waals surface area contributed by atoms with Gasteiger partial charge in [0.15, 0.2) is 0 Å². The van der Waals surface area contributed by atoms with Crippen LogP contribution in [0.1, 0.15) is 31.0 Å². The topological polar surface area (TPSA) is 38.3 Å². The van der Waals surface area contributed by atoms with Gasteiger partial charge in [-0.05, 0) is 12.1 Å². The highest BCUT2D eigenvalue weighted by molar-refractivity contribution is 5.85. The largest absolute Gasteiger partial charge is 0.449 e. The summed E-state index contributed by atoms with van der Waals surface area (Å²) >= 11 is 0. The van der Waals surface area contributed by atoms with E-state index in [0.717, 1.165) is 18.2 Å². The molecule has 0 radical (unpaired) electrons. The van der Waals surface area contributed by atoms with Crippen molar-refractivity contribution in [1.29, 1.82) is 0 Å². The lowest BCUT2D eigenvalue weighted by atomic mass is 9.78. The third-order valence-corrected chi connectivity index (χ3v) is 3.27. The quantitative estimate of drug-likeness (QED) is 0.789. The number of rotatable bonds is 1. The lowest BCUT2D eigenvalue weighted by Gasteiger charge is -2.39. The molecule has 1 aromatic carbocycles. The minimum atomic E-state index is -4.70. The van der Waals surface area contributed by atoms with Gasteiger partial charge in [-0.25, -0.2) is 9.18 Å². The lowest BCUT2D eigenvalue weighted by Crippen LogP contribution is -2.47. The summed E-state index contributed by atoms with van der Waals surface area (Å²) in [7, 11) is 0. The van der Waals surface area contributed by atoms with Gasteiger partial charge in [0.2, 0.25) is 0 Å². The van der Waals surface area contributed by atoms with Crippen molar-refractivity contribution in [3.05, 3.63) is 35.1 Å². The molecule has 2 rings (SSSR count). The first-order chi connectivity index (χ1) is 9.13. The highest BCUT2D eigenvalue weighted by Crippen LogP contribution is 2.43. The summed E-state index contributed by atoms with van der Waals surface area (Å²) in [4.78, 5) is 11.3. The average Bonchev–Trinajstić information content (AvgIpc) is 2.31. The summed E-state index contributed by atoms with van der Waals surface area (Å²) in [6, 6.07) is 1.63. The van der Waals surface area contributed by atoms with Gasteiger partial charge in [0.25, 0.3) is 0 Å². The minimum absolute atomic E-state index is 0. The van der Waals surface area contributed by atoms with Crippen LogP contribution in [0.15, 0.2) is 18.2 Å². The lowest BCUT2D eigenvalue weighted by molar-refractivity contribution is -0.139. The summed E-state index contributed by atoms with van der Waals surface area (Å²) in [6.45, 7) is 3.11. The van der Waals surface area contributed by atoms with Crippen LogP contribution in [0.5, 0.6) is 0 Å². The van der Waals surface area contributed by atoms with Crippen LogP contribution in [-0.2, 0) is 10.9 Å². The molecule has 1 aliphatic rings. The Kier molecular flexibility index (Phi) is 4.77. The summed E-state index contributed by atoms with van der Waals surface area (Å²) in [6.07, 6.45) is -5.55. The zero-order valence-electron chi connectivity index (χ0n) is 11.3. The van der Waals surface area contributed by atoms with Crippen LogP contribution >= 0.6 is 12.4 Å². The molecular formula is C13H14ClF4NO2. The van der Waals surface area contributed by atoms with E-state index in [1.165, 1.54) is 0 Å². The van der Waals surface area contributed by atoms with E-state index in [9.17, 15) is 22.4 Å². The normalized spacial score (nSPS) is 21.0. The molecule has 0 aliphatic carbocycles. The van der Waals surface area contributed by atoms with Gasteiger partial charge in [0, 0.05) is 11.0 Å². The molecular weight excluding hydrogens is 314 g/mol. The highest BCUT2D eigenvalue weighted by atomic mass is 35.5. The number of hydrogen-bond acceptors (Lipinski definition) is 2. The van der Waals surface area contributed by atoms with Gasteiger partial charge in [0.1, 0.15) is 12.4 Å². The highest BCUT2D eigenvalue weighted by Gasteiger charge is 2.44. The monoisotopic (exact) mass is 327 g/mol. The Morgan fingerprint density at radius 2 is 1.95 bits per heavy atom. The molecule has 1 amide bonds. The van der Waals surface area contributed by atoms with Gasteiger partial charge in [-0.15, -0.1) is 12.4 Å². The van der Waals surface area contributed by atoms with Gasteiger partial charge >= 0.3 is 12.3 Å². The summed E-state index contributed by atoms with van der Waals surface area (Å²) in [5.74, 6) is -1.000. The molecule has 3 nitrogen and oxygen atoms in total. The second-order valence-corrected chi connectivity index (χ2v) is 5.34. The zero-order chi connectivity index (χ0) is 15.1. The third-order valence-electron chi connectivity index (χ3n) is 3.27. The molecule has 1 fully saturated rings. The molecule has 0 spiro atoms. The maximum atomic E-state index is 13.9. The van der Waals surface area contributed by atoms with Crippen molar-refractivity contribution in [2.45, 2.75) is 26.1 Å². The maximum absolute atomic E-state index is 13.9. The van der Waals surface area contributed by atoms with E-state index in [1.807, 2.05) is 0 Å². The minimum Gasteiger partial charge on any atom is -0.449 e. The van der Waals surface area contributed by atoms with E-state index in [0.29, 0.717) is 0 Å². The fourth-order valence-electron chi connectivity index (χ4n) is 2.23. The standard InChI is InChI=1S/C13H13F4NO2.ClH/c1-12(2)6-20-11(19)18-10(12)9-7(13(15,16)17)4-3-5-8(9)14;/h3-5,10H,6H2,1-2H3,(H,18,19);1H/t10-;/m1./s1. The predicted octanol–water partition coefficient (Wildman–Crippen LogP) is 4.07. The first-order valence-electron chi connectivity index (χ1n) is 5.92. The molecule has 0 unspecified atom stereocenters. The van der Waals surface area contributed by atoms with Crippen molar-refractivity contribution in [2.24, 2.45) is 5.41 Å². The number of nitrogens with one attached hydrogen (secondary N) is 1. The zero-order valence-corrected chi connectivity index (χ0v) is 12.1. The number of alkyl carbamates (subject to hydrolysis) is 1. The Balaban J connectivity index is 0.00000220. The van der Waals surface area contributed by atoms with Gasteiger partial charge in [-0.3, -0.25) is 0 Å². The smallest absolute Gasteiger partial charge is 0.416 e. The first-order valence-corrected chi connectivity index (χ1v) is 5.92. The van der Waals surface area contributed by atoms with Crippen molar-refractivity contribution in [3.8, 4) is 0 Å². The molecule has 1 N–H and O–H groups in total.